The van der Waals surface area contributed by atoms with Gasteiger partial charge in [0, 0.05) is 18.2 Å². The average molecular weight is 361 g/mol. The summed E-state index contributed by atoms with van der Waals surface area (Å²) >= 11 is 0. The molecule has 1 aromatic carbocycles. The number of aliphatic carboxylic acids is 1. The number of hydrogen-bond acceptors (Lipinski definition) is 4. The summed E-state index contributed by atoms with van der Waals surface area (Å²) in [5, 5.41) is 9.17. The van der Waals surface area contributed by atoms with Crippen LogP contribution in [0.4, 0.5) is 0 Å². The molecule has 1 atom stereocenters. The fourth-order valence-electron chi connectivity index (χ4n) is 3.41. The molecule has 3 rings (SSSR count). The third-order valence-electron chi connectivity index (χ3n) is 5.15. The van der Waals surface area contributed by atoms with E-state index < -0.39 is 11.9 Å². The zero-order chi connectivity index (χ0) is 18.7. The van der Waals surface area contributed by atoms with E-state index >= 15 is 0 Å². The second-order valence-electron chi connectivity index (χ2n) is 7.32. The molecule has 2 aliphatic carbocycles. The second-order valence-corrected chi connectivity index (χ2v) is 7.32. The van der Waals surface area contributed by atoms with Crippen LogP contribution in [0, 0.1) is 5.92 Å². The summed E-state index contributed by atoms with van der Waals surface area (Å²) in [6.07, 6.45) is 6.53. The van der Waals surface area contributed by atoms with Crippen LogP contribution < -0.4 is 9.47 Å². The van der Waals surface area contributed by atoms with Gasteiger partial charge in [0.15, 0.2) is 11.5 Å². The molecule has 0 bridgehead atoms. The number of hydrogen-bond donors (Lipinski definition) is 1. The Kier molecular flexibility index (Phi) is 5.69. The third-order valence-corrected chi connectivity index (χ3v) is 5.15. The van der Waals surface area contributed by atoms with E-state index in [0.29, 0.717) is 17.1 Å². The normalized spacial score (nSPS) is 18.4. The van der Waals surface area contributed by atoms with Gasteiger partial charge in [-0.2, -0.15) is 0 Å². The fourth-order valence-corrected chi connectivity index (χ4v) is 3.41. The van der Waals surface area contributed by atoms with Crippen molar-refractivity contribution in [2.45, 2.75) is 57.6 Å². The monoisotopic (exact) mass is 361 g/mol. The van der Waals surface area contributed by atoms with E-state index in [1.165, 1.54) is 12.8 Å². The van der Waals surface area contributed by atoms with Crippen LogP contribution >= 0.6 is 0 Å². The van der Waals surface area contributed by atoms with Gasteiger partial charge in [-0.3, -0.25) is 9.59 Å². The van der Waals surface area contributed by atoms with Crippen molar-refractivity contribution in [3.05, 3.63) is 23.8 Å². The molecule has 0 aromatic heterocycles. The summed E-state index contributed by atoms with van der Waals surface area (Å²) < 4.78 is 11.5. The molecule has 2 fully saturated rings. The Balaban J connectivity index is 1.75. The summed E-state index contributed by atoms with van der Waals surface area (Å²) in [5.74, 6) is -0.420. The SMILES string of the molecule is COc1cc(C(=O)N(CC(C)C(=O)O)C2CC2)ccc1OC1CCCC1. The minimum atomic E-state index is -0.888. The summed E-state index contributed by atoms with van der Waals surface area (Å²) in [7, 11) is 1.57. The predicted octanol–water partition coefficient (Wildman–Crippen LogP) is 3.34. The van der Waals surface area contributed by atoms with E-state index in [9.17, 15) is 9.59 Å². The van der Waals surface area contributed by atoms with Crippen LogP contribution in [0.1, 0.15) is 55.8 Å². The maximum absolute atomic E-state index is 12.9. The molecule has 6 heteroatoms. The quantitative estimate of drug-likeness (QED) is 0.768. The largest absolute Gasteiger partial charge is 0.493 e. The van der Waals surface area contributed by atoms with Crippen molar-refractivity contribution < 1.29 is 24.2 Å². The molecule has 142 valence electrons. The van der Waals surface area contributed by atoms with Gasteiger partial charge >= 0.3 is 5.97 Å². The molecule has 1 aromatic rings. The summed E-state index contributed by atoms with van der Waals surface area (Å²) in [6.45, 7) is 1.85. The molecular formula is C20H27NO5. The molecule has 0 radical (unpaired) electrons. The smallest absolute Gasteiger partial charge is 0.308 e. The van der Waals surface area contributed by atoms with Crippen LogP contribution in [0.2, 0.25) is 0 Å². The Morgan fingerprint density at radius 3 is 2.46 bits per heavy atom. The Hall–Kier alpha value is -2.24. The first kappa shape index (κ1) is 18.5. The summed E-state index contributed by atoms with van der Waals surface area (Å²) in [4.78, 5) is 25.8. The van der Waals surface area contributed by atoms with Gasteiger partial charge in [-0.1, -0.05) is 6.92 Å². The van der Waals surface area contributed by atoms with Crippen molar-refractivity contribution >= 4 is 11.9 Å². The van der Waals surface area contributed by atoms with Crippen molar-refractivity contribution in [2.24, 2.45) is 5.92 Å². The number of methoxy groups -OCH3 is 1. The Bertz CT molecular complexity index is 664. The highest BCUT2D eigenvalue weighted by molar-refractivity contribution is 5.95. The first-order valence-electron chi connectivity index (χ1n) is 9.38. The highest BCUT2D eigenvalue weighted by Gasteiger charge is 2.35. The average Bonchev–Trinajstić information content (AvgIpc) is 3.35. The lowest BCUT2D eigenvalue weighted by atomic mass is 10.1. The molecule has 1 amide bonds. The Labute approximate surface area is 154 Å². The topological polar surface area (TPSA) is 76.1 Å². The first-order chi connectivity index (χ1) is 12.5. The molecule has 1 unspecified atom stereocenters. The lowest BCUT2D eigenvalue weighted by molar-refractivity contribution is -0.141. The van der Waals surface area contributed by atoms with Gasteiger partial charge in [0.05, 0.1) is 19.1 Å². The van der Waals surface area contributed by atoms with E-state index in [0.717, 1.165) is 25.7 Å². The molecule has 0 spiro atoms. The second kappa shape index (κ2) is 7.98. The molecule has 6 nitrogen and oxygen atoms in total. The van der Waals surface area contributed by atoms with Crippen molar-refractivity contribution in [1.29, 1.82) is 0 Å². The summed E-state index contributed by atoms with van der Waals surface area (Å²) in [6, 6.07) is 5.38. The van der Waals surface area contributed by atoms with Gasteiger partial charge in [0.1, 0.15) is 0 Å². The first-order valence-corrected chi connectivity index (χ1v) is 9.38. The van der Waals surface area contributed by atoms with Crippen molar-refractivity contribution in [1.82, 2.24) is 4.90 Å². The standard InChI is InChI=1S/C20H27NO5/c1-13(20(23)24)12-21(15-8-9-15)19(22)14-7-10-17(18(11-14)25-2)26-16-5-3-4-6-16/h7,10-11,13,15-16H,3-6,8-9,12H2,1-2H3,(H,23,24). The zero-order valence-electron chi connectivity index (χ0n) is 15.4. The minimum Gasteiger partial charge on any atom is -0.493 e. The number of carbonyl (C=O) groups is 2. The number of nitrogens with zero attached hydrogens (tertiary/aromatic N) is 1. The summed E-state index contributed by atoms with van der Waals surface area (Å²) in [5.41, 5.74) is 0.505. The Morgan fingerprint density at radius 1 is 1.19 bits per heavy atom. The number of amides is 1. The molecule has 0 saturated heterocycles. The highest BCUT2D eigenvalue weighted by atomic mass is 16.5. The van der Waals surface area contributed by atoms with E-state index in [4.69, 9.17) is 14.6 Å². The van der Waals surface area contributed by atoms with Crippen LogP contribution in [0.15, 0.2) is 18.2 Å². The number of ether oxygens (including phenoxy) is 2. The van der Waals surface area contributed by atoms with Gasteiger partial charge in [0.2, 0.25) is 0 Å². The lowest BCUT2D eigenvalue weighted by Crippen LogP contribution is -2.38. The number of carboxylic acid groups (broad SMARTS) is 1. The van der Waals surface area contributed by atoms with Crippen molar-refractivity contribution in [3.63, 3.8) is 0 Å². The van der Waals surface area contributed by atoms with E-state index in [-0.39, 0.29) is 24.6 Å². The van der Waals surface area contributed by atoms with Gasteiger partial charge in [-0.15, -0.1) is 0 Å². The van der Waals surface area contributed by atoms with Gasteiger partial charge in [0.25, 0.3) is 5.91 Å². The zero-order valence-corrected chi connectivity index (χ0v) is 15.4. The molecule has 2 aliphatic rings. The van der Waals surface area contributed by atoms with Crippen LogP contribution in [-0.4, -0.2) is 47.7 Å². The Morgan fingerprint density at radius 2 is 1.88 bits per heavy atom. The van der Waals surface area contributed by atoms with Crippen LogP contribution in [-0.2, 0) is 4.79 Å². The van der Waals surface area contributed by atoms with Crippen molar-refractivity contribution in [3.8, 4) is 11.5 Å². The fraction of sp³-hybridized carbons (Fsp3) is 0.600. The lowest BCUT2D eigenvalue weighted by Gasteiger charge is -2.25. The molecule has 0 heterocycles. The third kappa shape index (κ3) is 4.29. The highest BCUT2D eigenvalue weighted by Crippen LogP contribution is 2.34. The van der Waals surface area contributed by atoms with E-state index in [2.05, 4.69) is 0 Å². The van der Waals surface area contributed by atoms with Crippen LogP contribution in [0.3, 0.4) is 0 Å². The van der Waals surface area contributed by atoms with Crippen LogP contribution in [0.5, 0.6) is 11.5 Å². The maximum atomic E-state index is 12.9. The van der Waals surface area contributed by atoms with Gasteiger partial charge < -0.3 is 19.5 Å². The molecule has 1 N–H and O–H groups in total. The number of rotatable bonds is 8. The molecule has 0 aliphatic heterocycles. The van der Waals surface area contributed by atoms with E-state index in [1.54, 1.807) is 37.1 Å². The molecule has 2 saturated carbocycles. The number of carboxylic acids is 1. The van der Waals surface area contributed by atoms with Gasteiger partial charge in [-0.25, -0.2) is 0 Å². The van der Waals surface area contributed by atoms with Crippen molar-refractivity contribution in [2.75, 3.05) is 13.7 Å². The molecular weight excluding hydrogens is 334 g/mol. The predicted molar refractivity (Wildman–Crippen MR) is 96.7 cm³/mol. The molecule has 26 heavy (non-hydrogen) atoms. The maximum Gasteiger partial charge on any atom is 0.308 e. The minimum absolute atomic E-state index is 0.143. The van der Waals surface area contributed by atoms with E-state index in [1.807, 2.05) is 0 Å². The van der Waals surface area contributed by atoms with Gasteiger partial charge in [-0.05, 0) is 56.7 Å². The van der Waals surface area contributed by atoms with Crippen LogP contribution in [0.25, 0.3) is 0 Å². The number of benzene rings is 1. The number of carbonyl (C=O) groups excluding carboxylic acids is 1.